The molecule has 0 amide bonds. The highest BCUT2D eigenvalue weighted by Crippen LogP contribution is 2.52. The fourth-order valence-electron chi connectivity index (χ4n) is 6.57. The van der Waals surface area contributed by atoms with Gasteiger partial charge in [0.15, 0.2) is 24.8 Å². The number of pyridine rings is 2. The number of aryl methyl sites for hydroxylation is 1. The van der Waals surface area contributed by atoms with Crippen LogP contribution in [0.25, 0.3) is 22.1 Å². The SMILES string of the molecule is [B]C(O)(O)n1c(=O)n(C2CCC(O)C2)c2cc(Nc3ccc4c(C)nn(C5(C(=O)OCc6ccccc6)CC5C)c4n3)ncc21. The number of rotatable bonds is 8. The molecule has 0 spiro atoms. The lowest BCUT2D eigenvalue weighted by molar-refractivity contribution is -0.152. The second-order valence-corrected chi connectivity index (χ2v) is 12.1. The highest BCUT2D eigenvalue weighted by atomic mass is 16.5. The lowest BCUT2D eigenvalue weighted by atomic mass is 10.0. The fraction of sp³-hybridized carbons (Fsp3) is 0.387. The summed E-state index contributed by atoms with van der Waals surface area (Å²) in [7, 11) is 5.53. The lowest BCUT2D eigenvalue weighted by Gasteiger charge is -2.18. The van der Waals surface area contributed by atoms with E-state index in [1.54, 1.807) is 16.8 Å². The van der Waals surface area contributed by atoms with Gasteiger partial charge in [-0.1, -0.05) is 37.3 Å². The molecule has 0 saturated heterocycles. The molecular weight excluding hydrogens is 577 g/mol. The number of ether oxygens (including phenoxy) is 1. The molecule has 4 N–H and O–H groups in total. The second-order valence-electron chi connectivity index (χ2n) is 12.1. The molecule has 2 radical (unpaired) electrons. The Balaban J connectivity index is 1.23. The van der Waals surface area contributed by atoms with Crippen molar-refractivity contribution in [1.29, 1.82) is 0 Å². The largest absolute Gasteiger partial charge is 0.459 e. The van der Waals surface area contributed by atoms with Gasteiger partial charge in [-0.05, 0) is 56.2 Å². The van der Waals surface area contributed by atoms with E-state index in [-0.39, 0.29) is 30.1 Å². The summed E-state index contributed by atoms with van der Waals surface area (Å²) in [5, 5.41) is 39.1. The number of aliphatic hydroxyl groups excluding tert-OH is 1. The predicted molar refractivity (Wildman–Crippen MR) is 165 cm³/mol. The summed E-state index contributed by atoms with van der Waals surface area (Å²) in [6.07, 6.45) is 2.72. The number of hydrogen-bond acceptors (Lipinski definition) is 10. The molecule has 4 aromatic heterocycles. The standard InChI is InChI=1S/C31H32BN7O6/c1-17-14-30(17,28(41)45-16-19-6-4-3-5-7-19)39-27-22(18(2)36-39)10-11-25(35-27)34-26-13-23-24(15-33-26)38(31(32,43)44)29(42)37(23)20-8-9-21(40)12-20/h3-7,10-11,13,15,17,20-21,40,43-44H,8-9,12,14,16H2,1-2H3,(H,33,34,35). The van der Waals surface area contributed by atoms with Crippen molar-refractivity contribution in [2.75, 3.05) is 5.32 Å². The van der Waals surface area contributed by atoms with Crippen LogP contribution < -0.4 is 11.0 Å². The van der Waals surface area contributed by atoms with Crippen molar-refractivity contribution < 1.29 is 24.9 Å². The summed E-state index contributed by atoms with van der Waals surface area (Å²) in [4.78, 5) is 36.0. The first-order valence-electron chi connectivity index (χ1n) is 14.9. The Morgan fingerprint density at radius 3 is 2.58 bits per heavy atom. The van der Waals surface area contributed by atoms with Crippen LogP contribution in [0.1, 0.15) is 49.9 Å². The van der Waals surface area contributed by atoms with Gasteiger partial charge in [0.1, 0.15) is 18.2 Å². The average molecular weight is 609 g/mol. The molecule has 4 unspecified atom stereocenters. The summed E-state index contributed by atoms with van der Waals surface area (Å²) in [6.45, 7) is 4.01. The maximum absolute atomic E-state index is 13.5. The van der Waals surface area contributed by atoms with Crippen molar-refractivity contribution in [3.05, 3.63) is 76.5 Å². The first-order chi connectivity index (χ1) is 21.5. The molecule has 4 heterocycles. The number of esters is 1. The number of anilines is 2. The summed E-state index contributed by atoms with van der Waals surface area (Å²) in [5.41, 5.74) is 0.912. The van der Waals surface area contributed by atoms with E-state index in [1.165, 1.54) is 10.8 Å². The maximum Gasteiger partial charge on any atom is 0.334 e. The van der Waals surface area contributed by atoms with E-state index < -0.39 is 23.1 Å². The quantitative estimate of drug-likeness (QED) is 0.116. The van der Waals surface area contributed by atoms with Crippen molar-refractivity contribution >= 4 is 47.5 Å². The molecule has 0 bridgehead atoms. The number of aliphatic hydroxyl groups is 3. The van der Waals surface area contributed by atoms with Gasteiger partial charge in [0.25, 0.3) is 0 Å². The minimum Gasteiger partial charge on any atom is -0.459 e. The van der Waals surface area contributed by atoms with Gasteiger partial charge in [0, 0.05) is 17.5 Å². The van der Waals surface area contributed by atoms with E-state index in [0.717, 1.165) is 16.6 Å². The summed E-state index contributed by atoms with van der Waals surface area (Å²) in [5.74, 6) is -2.57. The number of hydrogen-bond donors (Lipinski definition) is 4. The van der Waals surface area contributed by atoms with Crippen molar-refractivity contribution in [3.63, 3.8) is 0 Å². The number of aromatic nitrogens is 6. The topological polar surface area (TPSA) is 170 Å². The molecule has 230 valence electrons. The van der Waals surface area contributed by atoms with Gasteiger partial charge in [0.05, 0.1) is 29.0 Å². The van der Waals surface area contributed by atoms with Gasteiger partial charge < -0.3 is 25.4 Å². The molecular formula is C31H32BN7O6. The van der Waals surface area contributed by atoms with Crippen LogP contribution in [0.15, 0.2) is 59.5 Å². The third-order valence-electron chi connectivity index (χ3n) is 9.02. The molecule has 45 heavy (non-hydrogen) atoms. The summed E-state index contributed by atoms with van der Waals surface area (Å²) in [6, 6.07) is 14.4. The number of carbonyl (C=O) groups is 1. The number of nitrogens with zero attached hydrogens (tertiary/aromatic N) is 6. The van der Waals surface area contributed by atoms with E-state index in [9.17, 15) is 24.9 Å². The third kappa shape index (κ3) is 4.89. The monoisotopic (exact) mass is 609 g/mol. The smallest absolute Gasteiger partial charge is 0.334 e. The maximum atomic E-state index is 13.5. The zero-order chi connectivity index (χ0) is 31.7. The van der Waals surface area contributed by atoms with Gasteiger partial charge in [0.2, 0.25) is 0 Å². The van der Waals surface area contributed by atoms with Crippen LogP contribution in [0.5, 0.6) is 0 Å². The van der Waals surface area contributed by atoms with Crippen molar-refractivity contribution in [3.8, 4) is 0 Å². The molecule has 1 aromatic carbocycles. The lowest BCUT2D eigenvalue weighted by Crippen LogP contribution is -2.42. The number of benzene rings is 1. The first kappa shape index (κ1) is 29.2. The molecule has 7 rings (SSSR count). The number of nitrogens with one attached hydrogen (secondary N) is 1. The molecule has 14 heteroatoms. The van der Waals surface area contributed by atoms with Gasteiger partial charge >= 0.3 is 11.7 Å². The van der Waals surface area contributed by atoms with Crippen molar-refractivity contribution in [2.24, 2.45) is 5.92 Å². The van der Waals surface area contributed by atoms with Crippen LogP contribution >= 0.6 is 0 Å². The molecule has 5 aromatic rings. The minimum absolute atomic E-state index is 0.00616. The van der Waals surface area contributed by atoms with E-state index >= 15 is 0 Å². The third-order valence-corrected chi connectivity index (χ3v) is 9.02. The Kier molecular flexibility index (Phi) is 6.84. The fourth-order valence-corrected chi connectivity index (χ4v) is 6.57. The van der Waals surface area contributed by atoms with Gasteiger partial charge in [-0.2, -0.15) is 5.10 Å². The Labute approximate surface area is 258 Å². The van der Waals surface area contributed by atoms with E-state index in [4.69, 9.17) is 22.7 Å². The molecule has 2 saturated carbocycles. The van der Waals surface area contributed by atoms with E-state index in [0.29, 0.717) is 53.0 Å². The van der Waals surface area contributed by atoms with Crippen molar-refractivity contribution in [1.82, 2.24) is 28.9 Å². The zero-order valence-corrected chi connectivity index (χ0v) is 24.8. The second kappa shape index (κ2) is 10.5. The summed E-state index contributed by atoms with van der Waals surface area (Å²) >= 11 is 0. The molecule has 4 atom stereocenters. The number of fused-ring (bicyclic) bond motifs is 2. The Bertz CT molecular complexity index is 2000. The Morgan fingerprint density at radius 1 is 1.16 bits per heavy atom. The summed E-state index contributed by atoms with van der Waals surface area (Å²) < 4.78 is 9.51. The van der Waals surface area contributed by atoms with Gasteiger partial charge in [-0.15, -0.1) is 0 Å². The molecule has 2 aliphatic rings. The number of carbonyl (C=O) groups excluding carboxylic acids is 1. The van der Waals surface area contributed by atoms with Crippen LogP contribution in [0.3, 0.4) is 0 Å². The molecule has 2 aliphatic carbocycles. The number of imidazole rings is 1. The highest BCUT2D eigenvalue weighted by molar-refractivity contribution is 6.11. The predicted octanol–water partition coefficient (Wildman–Crippen LogP) is 2.28. The van der Waals surface area contributed by atoms with Crippen LogP contribution in [0.4, 0.5) is 11.6 Å². The molecule has 2 fully saturated rings. The minimum atomic E-state index is -2.95. The van der Waals surface area contributed by atoms with E-state index in [2.05, 4.69) is 10.3 Å². The Morgan fingerprint density at radius 2 is 1.91 bits per heavy atom. The molecule has 13 nitrogen and oxygen atoms in total. The highest BCUT2D eigenvalue weighted by Gasteiger charge is 2.62. The van der Waals surface area contributed by atoms with Crippen molar-refractivity contribution in [2.45, 2.75) is 69.6 Å². The Hall–Kier alpha value is -4.53. The van der Waals surface area contributed by atoms with Crippen LogP contribution in [0.2, 0.25) is 0 Å². The first-order valence-corrected chi connectivity index (χ1v) is 14.9. The van der Waals surface area contributed by atoms with Crippen LogP contribution in [-0.4, -0.2) is 64.1 Å². The molecule has 0 aliphatic heterocycles. The average Bonchev–Trinajstić information content (AvgIpc) is 3.23. The van der Waals surface area contributed by atoms with E-state index in [1.807, 2.05) is 50.2 Å². The van der Waals surface area contributed by atoms with Crippen LogP contribution in [0, 0.1) is 12.8 Å². The normalized spacial score (nSPS) is 23.1. The van der Waals surface area contributed by atoms with Gasteiger partial charge in [-0.3, -0.25) is 4.57 Å². The van der Waals surface area contributed by atoms with Gasteiger partial charge in [-0.25, -0.2) is 28.8 Å². The zero-order valence-electron chi connectivity index (χ0n) is 24.8. The van der Waals surface area contributed by atoms with Crippen LogP contribution in [-0.2, 0) is 27.5 Å².